The molecule has 0 aliphatic rings. The van der Waals surface area contributed by atoms with Crippen molar-refractivity contribution in [3.63, 3.8) is 0 Å². The molecular formula is C11H9Cl2FN4. The van der Waals surface area contributed by atoms with Gasteiger partial charge in [0.15, 0.2) is 11.0 Å². The van der Waals surface area contributed by atoms with Crippen LogP contribution in [0.25, 0.3) is 0 Å². The summed E-state index contributed by atoms with van der Waals surface area (Å²) in [5.41, 5.74) is 0.891. The minimum Gasteiger partial charge on any atom is -0.361 e. The van der Waals surface area contributed by atoms with Gasteiger partial charge in [-0.25, -0.2) is 4.39 Å². The Morgan fingerprint density at radius 2 is 1.83 bits per heavy atom. The van der Waals surface area contributed by atoms with E-state index in [9.17, 15) is 4.39 Å². The molecule has 0 aliphatic carbocycles. The number of benzene rings is 1. The Morgan fingerprint density at radius 1 is 1.17 bits per heavy atom. The van der Waals surface area contributed by atoms with E-state index in [0.29, 0.717) is 5.82 Å². The molecule has 1 N–H and O–H groups in total. The van der Waals surface area contributed by atoms with Crippen molar-refractivity contribution in [2.45, 2.75) is 13.0 Å². The predicted octanol–water partition coefficient (Wildman–Crippen LogP) is 3.49. The van der Waals surface area contributed by atoms with Crippen LogP contribution in [0, 0.1) is 5.82 Å². The van der Waals surface area contributed by atoms with Gasteiger partial charge in [0.2, 0.25) is 5.28 Å². The van der Waals surface area contributed by atoms with Crippen LogP contribution in [0.4, 0.5) is 10.2 Å². The molecule has 1 unspecified atom stereocenters. The van der Waals surface area contributed by atoms with Crippen molar-refractivity contribution < 1.29 is 4.39 Å². The zero-order valence-electron chi connectivity index (χ0n) is 9.36. The van der Waals surface area contributed by atoms with E-state index < -0.39 is 0 Å². The lowest BCUT2D eigenvalue weighted by molar-refractivity contribution is 0.626. The number of hydrogen-bond acceptors (Lipinski definition) is 4. The lowest BCUT2D eigenvalue weighted by Crippen LogP contribution is -2.09. The number of aromatic nitrogens is 3. The normalized spacial score (nSPS) is 12.2. The summed E-state index contributed by atoms with van der Waals surface area (Å²) in [4.78, 5) is 3.93. The molecule has 2 rings (SSSR count). The predicted molar refractivity (Wildman–Crippen MR) is 68.3 cm³/mol. The highest BCUT2D eigenvalue weighted by Gasteiger charge is 2.11. The smallest absolute Gasteiger partial charge is 0.245 e. The maximum atomic E-state index is 12.8. The van der Waals surface area contributed by atoms with Gasteiger partial charge in [-0.05, 0) is 36.2 Å². The van der Waals surface area contributed by atoms with Gasteiger partial charge >= 0.3 is 0 Å². The molecule has 18 heavy (non-hydrogen) atoms. The van der Waals surface area contributed by atoms with Gasteiger partial charge in [0.25, 0.3) is 0 Å². The molecule has 1 aromatic carbocycles. The number of hydrogen-bond donors (Lipinski definition) is 1. The average molecular weight is 287 g/mol. The van der Waals surface area contributed by atoms with Crippen molar-refractivity contribution in [3.05, 3.63) is 46.1 Å². The van der Waals surface area contributed by atoms with E-state index in [-0.39, 0.29) is 22.3 Å². The van der Waals surface area contributed by atoms with E-state index in [0.717, 1.165) is 5.56 Å². The lowest BCUT2D eigenvalue weighted by Gasteiger charge is -2.15. The van der Waals surface area contributed by atoms with Crippen LogP contribution < -0.4 is 5.32 Å². The summed E-state index contributed by atoms with van der Waals surface area (Å²) in [7, 11) is 0. The van der Waals surface area contributed by atoms with Gasteiger partial charge in [-0.15, -0.1) is 10.2 Å². The van der Waals surface area contributed by atoms with Gasteiger partial charge in [-0.3, -0.25) is 0 Å². The first-order valence-electron chi connectivity index (χ1n) is 5.14. The van der Waals surface area contributed by atoms with E-state index in [4.69, 9.17) is 23.2 Å². The van der Waals surface area contributed by atoms with Crippen LogP contribution in [-0.4, -0.2) is 15.2 Å². The first kappa shape index (κ1) is 13.0. The number of nitrogens with zero attached hydrogens (tertiary/aromatic N) is 3. The van der Waals surface area contributed by atoms with Gasteiger partial charge in [0.1, 0.15) is 5.82 Å². The Bertz CT molecular complexity index is 547. The van der Waals surface area contributed by atoms with Crippen LogP contribution >= 0.6 is 23.2 Å². The second kappa shape index (κ2) is 5.46. The maximum absolute atomic E-state index is 12.8. The second-order valence-corrected chi connectivity index (χ2v) is 4.33. The van der Waals surface area contributed by atoms with Gasteiger partial charge < -0.3 is 5.32 Å². The van der Waals surface area contributed by atoms with Gasteiger partial charge in [-0.2, -0.15) is 4.98 Å². The second-order valence-electron chi connectivity index (χ2n) is 3.64. The van der Waals surface area contributed by atoms with E-state index in [1.165, 1.54) is 12.1 Å². The lowest BCUT2D eigenvalue weighted by atomic mass is 10.1. The molecule has 1 atom stereocenters. The molecule has 2 aromatic rings. The zero-order chi connectivity index (χ0) is 13.1. The molecule has 1 heterocycles. The minimum atomic E-state index is -0.282. The minimum absolute atomic E-state index is 0.00760. The maximum Gasteiger partial charge on any atom is 0.245 e. The Labute approximate surface area is 113 Å². The molecule has 4 nitrogen and oxygen atoms in total. The number of rotatable bonds is 3. The monoisotopic (exact) mass is 286 g/mol. The molecule has 7 heteroatoms. The summed E-state index contributed by atoms with van der Waals surface area (Å²) in [5.74, 6) is 0.0595. The summed E-state index contributed by atoms with van der Waals surface area (Å²) in [6, 6.07) is 6.02. The van der Waals surface area contributed by atoms with Crippen molar-refractivity contribution in [3.8, 4) is 0 Å². The highest BCUT2D eigenvalue weighted by molar-refractivity contribution is 6.32. The highest BCUT2D eigenvalue weighted by atomic mass is 35.5. The van der Waals surface area contributed by atoms with E-state index in [2.05, 4.69) is 20.5 Å². The van der Waals surface area contributed by atoms with Gasteiger partial charge in [-0.1, -0.05) is 23.7 Å². The van der Waals surface area contributed by atoms with Crippen molar-refractivity contribution in [2.24, 2.45) is 0 Å². The Kier molecular flexibility index (Phi) is 3.93. The summed E-state index contributed by atoms with van der Waals surface area (Å²) in [6.45, 7) is 1.89. The Morgan fingerprint density at radius 3 is 2.50 bits per heavy atom. The topological polar surface area (TPSA) is 50.7 Å². The average Bonchev–Trinajstić information content (AvgIpc) is 2.34. The van der Waals surface area contributed by atoms with Gasteiger partial charge in [0, 0.05) is 0 Å². The van der Waals surface area contributed by atoms with Crippen molar-refractivity contribution in [1.29, 1.82) is 0 Å². The third-order valence-electron chi connectivity index (χ3n) is 2.34. The highest BCUT2D eigenvalue weighted by Crippen LogP contribution is 2.23. The molecule has 0 aliphatic heterocycles. The SMILES string of the molecule is CC(Nc1nc(Cl)nnc1Cl)c1ccc(F)cc1. The summed E-state index contributed by atoms with van der Waals surface area (Å²) in [6.07, 6.45) is 0. The first-order valence-corrected chi connectivity index (χ1v) is 5.89. The van der Waals surface area contributed by atoms with Crippen molar-refractivity contribution >= 4 is 29.0 Å². The fourth-order valence-electron chi connectivity index (χ4n) is 1.42. The van der Waals surface area contributed by atoms with Crippen LogP contribution in [-0.2, 0) is 0 Å². The number of anilines is 1. The molecule has 0 spiro atoms. The molecule has 0 saturated carbocycles. The molecule has 0 amide bonds. The number of halogens is 3. The molecule has 0 radical (unpaired) electrons. The largest absolute Gasteiger partial charge is 0.361 e. The zero-order valence-corrected chi connectivity index (χ0v) is 10.9. The standard InChI is InChI=1S/C11H9Cl2FN4/c1-6(7-2-4-8(14)5-3-7)15-10-9(12)17-18-11(13)16-10/h2-6H,1H3,(H,15,16,18). The number of nitrogens with one attached hydrogen (secondary N) is 1. The molecule has 1 aromatic heterocycles. The fourth-order valence-corrected chi connectivity index (χ4v) is 1.68. The first-order chi connectivity index (χ1) is 8.56. The fraction of sp³-hybridized carbons (Fsp3) is 0.182. The Balaban J connectivity index is 2.18. The molecule has 0 saturated heterocycles. The van der Waals surface area contributed by atoms with E-state index >= 15 is 0 Å². The van der Waals surface area contributed by atoms with Crippen LogP contribution in [0.15, 0.2) is 24.3 Å². The molecule has 0 bridgehead atoms. The molecule has 0 fully saturated rings. The van der Waals surface area contributed by atoms with Crippen LogP contribution in [0.2, 0.25) is 10.4 Å². The molecular weight excluding hydrogens is 278 g/mol. The molecule has 94 valence electrons. The van der Waals surface area contributed by atoms with Crippen LogP contribution in [0.1, 0.15) is 18.5 Å². The van der Waals surface area contributed by atoms with Crippen molar-refractivity contribution in [1.82, 2.24) is 15.2 Å². The van der Waals surface area contributed by atoms with E-state index in [1.54, 1.807) is 12.1 Å². The third kappa shape index (κ3) is 3.05. The summed E-state index contributed by atoms with van der Waals surface area (Å²) < 4.78 is 12.8. The van der Waals surface area contributed by atoms with Gasteiger partial charge in [0.05, 0.1) is 6.04 Å². The summed E-state index contributed by atoms with van der Waals surface area (Å²) in [5, 5.41) is 10.3. The van der Waals surface area contributed by atoms with Crippen molar-refractivity contribution in [2.75, 3.05) is 5.32 Å². The van der Waals surface area contributed by atoms with E-state index in [1.807, 2.05) is 6.92 Å². The quantitative estimate of drug-likeness (QED) is 0.938. The third-order valence-corrected chi connectivity index (χ3v) is 2.76. The van der Waals surface area contributed by atoms with Crippen LogP contribution in [0.3, 0.4) is 0 Å². The van der Waals surface area contributed by atoms with Crippen LogP contribution in [0.5, 0.6) is 0 Å². The summed E-state index contributed by atoms with van der Waals surface area (Å²) >= 11 is 11.5. The Hall–Kier alpha value is -1.46.